The number of nitrogens with one attached hydrogen (secondary N) is 1. The molecule has 0 amide bonds. The van der Waals surface area contributed by atoms with Crippen molar-refractivity contribution < 1.29 is 9.84 Å². The lowest BCUT2D eigenvalue weighted by Crippen LogP contribution is -1.92. The molecule has 0 saturated heterocycles. The quantitative estimate of drug-likeness (QED) is 0.632. The fourth-order valence-electron chi connectivity index (χ4n) is 2.60. The Balaban J connectivity index is 0.000000318. The Bertz CT molecular complexity index is 662. The van der Waals surface area contributed by atoms with Crippen molar-refractivity contribution in [2.75, 3.05) is 12.4 Å². The molecule has 5 nitrogen and oxygen atoms in total. The van der Waals surface area contributed by atoms with E-state index >= 15 is 0 Å². The summed E-state index contributed by atoms with van der Waals surface area (Å²) in [6.45, 7) is 0. The van der Waals surface area contributed by atoms with Gasteiger partial charge in [-0.1, -0.05) is 44.2 Å². The van der Waals surface area contributed by atoms with E-state index in [9.17, 15) is 0 Å². The summed E-state index contributed by atoms with van der Waals surface area (Å²) in [5, 5.41) is 10.2. The maximum Gasteiger partial charge on any atom is 0.219 e. The lowest BCUT2D eigenvalue weighted by molar-refractivity contribution is 0.399. The molecule has 142 valence electrons. The molecule has 0 radical (unpaired) electrons. The van der Waals surface area contributed by atoms with Gasteiger partial charge >= 0.3 is 0 Å². The molecule has 0 unspecified atom stereocenters. The third kappa shape index (κ3) is 7.88. The Morgan fingerprint density at radius 2 is 1.33 bits per heavy atom. The van der Waals surface area contributed by atoms with Crippen molar-refractivity contribution in [2.24, 2.45) is 0 Å². The molecular formula is C22H27N3O2. The van der Waals surface area contributed by atoms with Gasteiger partial charge in [-0.15, -0.1) is 0 Å². The van der Waals surface area contributed by atoms with Crippen LogP contribution in [0.2, 0.25) is 0 Å². The number of hydrogen-bond acceptors (Lipinski definition) is 5. The summed E-state index contributed by atoms with van der Waals surface area (Å²) in [5.41, 5.74) is 0.956. The molecule has 0 spiro atoms. The largest absolute Gasteiger partial charge is 0.439 e. The van der Waals surface area contributed by atoms with Gasteiger partial charge < -0.3 is 15.2 Å². The van der Waals surface area contributed by atoms with Gasteiger partial charge in [-0.3, -0.25) is 0 Å². The third-order valence-electron chi connectivity index (χ3n) is 3.90. The van der Waals surface area contributed by atoms with Crippen LogP contribution in [0.15, 0.2) is 73.1 Å². The van der Waals surface area contributed by atoms with E-state index in [4.69, 9.17) is 9.84 Å². The highest BCUT2D eigenvalue weighted by atomic mass is 16.5. The Morgan fingerprint density at radius 3 is 1.85 bits per heavy atom. The average molecular weight is 365 g/mol. The number of aliphatic hydroxyl groups excluding tert-OH is 1. The van der Waals surface area contributed by atoms with Crippen LogP contribution in [-0.2, 0) is 0 Å². The predicted octanol–water partition coefficient (Wildman–Crippen LogP) is 5.57. The van der Waals surface area contributed by atoms with Gasteiger partial charge in [0.1, 0.15) is 11.6 Å². The maximum atomic E-state index is 7.00. The summed E-state index contributed by atoms with van der Waals surface area (Å²) >= 11 is 0. The zero-order valence-electron chi connectivity index (χ0n) is 15.7. The topological polar surface area (TPSA) is 67.3 Å². The van der Waals surface area contributed by atoms with E-state index in [1.54, 1.807) is 12.4 Å². The Kier molecular flexibility index (Phi) is 9.39. The molecule has 0 atom stereocenters. The Morgan fingerprint density at radius 1 is 0.741 bits per heavy atom. The lowest BCUT2D eigenvalue weighted by Gasteiger charge is -2.07. The highest BCUT2D eigenvalue weighted by Crippen LogP contribution is 2.22. The maximum absolute atomic E-state index is 7.00. The van der Waals surface area contributed by atoms with Gasteiger partial charge in [0.15, 0.2) is 0 Å². The highest BCUT2D eigenvalue weighted by molar-refractivity contribution is 5.56. The fourth-order valence-corrected chi connectivity index (χ4v) is 2.60. The van der Waals surface area contributed by atoms with Crippen molar-refractivity contribution in [3.8, 4) is 11.6 Å². The van der Waals surface area contributed by atoms with E-state index in [-0.39, 0.29) is 0 Å². The number of nitrogens with zero attached hydrogens (tertiary/aromatic N) is 2. The molecule has 1 fully saturated rings. The Labute approximate surface area is 161 Å². The first-order valence-electron chi connectivity index (χ1n) is 9.22. The number of ether oxygens (including phenoxy) is 1. The second-order valence-corrected chi connectivity index (χ2v) is 5.90. The van der Waals surface area contributed by atoms with Crippen LogP contribution in [0.3, 0.4) is 0 Å². The van der Waals surface area contributed by atoms with Crippen LogP contribution in [-0.4, -0.2) is 22.2 Å². The van der Waals surface area contributed by atoms with Gasteiger partial charge in [0.05, 0.1) is 0 Å². The summed E-state index contributed by atoms with van der Waals surface area (Å²) in [7, 11) is 1.00. The Hall–Kier alpha value is -2.92. The standard InChI is InChI=1S/C16H13N3O.C5H10.CH4O/c1-3-11-17-15(5-1)19-13-7-9-14(10-8-13)20-16-6-2-4-12-18-16;1-2-4-5-3-1;1-2/h1-12H,(H,17,19);1-5H2;2H,1H3. The first-order valence-corrected chi connectivity index (χ1v) is 9.22. The molecule has 1 saturated carbocycles. The van der Waals surface area contributed by atoms with E-state index in [1.807, 2.05) is 60.7 Å². The monoisotopic (exact) mass is 365 g/mol. The number of hydrogen-bond donors (Lipinski definition) is 2. The summed E-state index contributed by atoms with van der Waals surface area (Å²) in [4.78, 5) is 8.33. The molecule has 2 aromatic heterocycles. The smallest absolute Gasteiger partial charge is 0.219 e. The van der Waals surface area contributed by atoms with Gasteiger partial charge in [-0.05, 0) is 42.5 Å². The van der Waals surface area contributed by atoms with Crippen LogP contribution in [0.4, 0.5) is 11.5 Å². The zero-order chi connectivity index (χ0) is 19.2. The van der Waals surface area contributed by atoms with Crippen molar-refractivity contribution in [3.63, 3.8) is 0 Å². The predicted molar refractivity (Wildman–Crippen MR) is 110 cm³/mol. The first kappa shape index (κ1) is 20.4. The number of pyridine rings is 2. The highest BCUT2D eigenvalue weighted by Gasteiger charge is 1.99. The molecule has 5 heteroatoms. The van der Waals surface area contributed by atoms with E-state index in [0.29, 0.717) is 5.88 Å². The van der Waals surface area contributed by atoms with Crippen molar-refractivity contribution in [3.05, 3.63) is 73.1 Å². The van der Waals surface area contributed by atoms with Crippen molar-refractivity contribution in [2.45, 2.75) is 32.1 Å². The summed E-state index contributed by atoms with van der Waals surface area (Å²) < 4.78 is 5.63. The molecule has 27 heavy (non-hydrogen) atoms. The zero-order valence-corrected chi connectivity index (χ0v) is 15.7. The number of rotatable bonds is 4. The van der Waals surface area contributed by atoms with E-state index in [0.717, 1.165) is 24.4 Å². The third-order valence-corrected chi connectivity index (χ3v) is 3.90. The molecule has 0 bridgehead atoms. The minimum atomic E-state index is 0.581. The molecule has 2 N–H and O–H groups in total. The van der Waals surface area contributed by atoms with Gasteiger partial charge in [0.2, 0.25) is 5.88 Å². The molecule has 2 heterocycles. The van der Waals surface area contributed by atoms with Gasteiger partial charge in [0, 0.05) is 31.3 Å². The van der Waals surface area contributed by atoms with Crippen molar-refractivity contribution >= 4 is 11.5 Å². The SMILES string of the molecule is C1CCCC1.CO.c1ccc(Nc2ccc(Oc3ccccn3)cc2)nc1. The lowest BCUT2D eigenvalue weighted by atomic mass is 10.3. The minimum absolute atomic E-state index is 0.581. The second kappa shape index (κ2) is 12.4. The minimum Gasteiger partial charge on any atom is -0.439 e. The van der Waals surface area contributed by atoms with Crippen LogP contribution in [0.5, 0.6) is 11.6 Å². The first-order chi connectivity index (χ1) is 13.4. The molecule has 1 aromatic carbocycles. The molecule has 0 aliphatic heterocycles. The van der Waals surface area contributed by atoms with Gasteiger partial charge in [-0.2, -0.15) is 0 Å². The average Bonchev–Trinajstić information content (AvgIpc) is 3.33. The molecule has 1 aliphatic carbocycles. The molecule has 3 aromatic rings. The fraction of sp³-hybridized carbons (Fsp3) is 0.273. The normalized spacial score (nSPS) is 12.1. The number of aromatic nitrogens is 2. The van der Waals surface area contributed by atoms with Crippen LogP contribution < -0.4 is 10.1 Å². The van der Waals surface area contributed by atoms with Crippen LogP contribution in [0, 0.1) is 0 Å². The molecule has 1 aliphatic rings. The van der Waals surface area contributed by atoms with E-state index < -0.39 is 0 Å². The van der Waals surface area contributed by atoms with E-state index in [2.05, 4.69) is 15.3 Å². The molecule has 4 rings (SSSR count). The summed E-state index contributed by atoms with van der Waals surface area (Å²) in [6, 6.07) is 19.0. The molecular weight excluding hydrogens is 338 g/mol. The summed E-state index contributed by atoms with van der Waals surface area (Å²) in [5.74, 6) is 2.14. The van der Waals surface area contributed by atoms with Gasteiger partial charge in [-0.25, -0.2) is 9.97 Å². The van der Waals surface area contributed by atoms with Crippen LogP contribution >= 0.6 is 0 Å². The van der Waals surface area contributed by atoms with Crippen LogP contribution in [0.1, 0.15) is 32.1 Å². The number of anilines is 2. The van der Waals surface area contributed by atoms with Crippen molar-refractivity contribution in [1.82, 2.24) is 9.97 Å². The van der Waals surface area contributed by atoms with Gasteiger partial charge in [0.25, 0.3) is 0 Å². The summed E-state index contributed by atoms with van der Waals surface area (Å²) in [6.07, 6.45) is 11.0. The van der Waals surface area contributed by atoms with Crippen molar-refractivity contribution in [1.29, 1.82) is 0 Å². The second-order valence-electron chi connectivity index (χ2n) is 5.90. The number of benzene rings is 1. The number of aliphatic hydroxyl groups is 1. The van der Waals surface area contributed by atoms with Crippen LogP contribution in [0.25, 0.3) is 0 Å². The van der Waals surface area contributed by atoms with E-state index in [1.165, 1.54) is 32.1 Å².